The van der Waals surface area contributed by atoms with E-state index in [-0.39, 0.29) is 28.6 Å². The fraction of sp³-hybridized carbons (Fsp3) is 0.182. The lowest BCUT2D eigenvalue weighted by atomic mass is 10.3. The van der Waals surface area contributed by atoms with Crippen LogP contribution in [0.4, 0.5) is 11.5 Å². The minimum absolute atomic E-state index is 0.0515. The maximum absolute atomic E-state index is 11.4. The first kappa shape index (κ1) is 14.7. The van der Waals surface area contributed by atoms with Crippen molar-refractivity contribution in [2.75, 3.05) is 12.4 Å². The molecule has 2 aromatic heterocycles. The largest absolute Gasteiger partial charge is 0.464 e. The number of aromatic amines is 1. The number of rotatable bonds is 5. The lowest BCUT2D eigenvalue weighted by molar-refractivity contribution is -0.384. The summed E-state index contributed by atoms with van der Waals surface area (Å²) in [5.41, 5.74) is 0.231. The molecule has 2 rings (SSSR count). The second kappa shape index (κ2) is 6.13. The summed E-state index contributed by atoms with van der Waals surface area (Å²) in [7, 11) is 1.19. The van der Waals surface area contributed by atoms with Crippen molar-refractivity contribution in [3.05, 3.63) is 48.7 Å². The molecule has 0 bridgehead atoms. The third kappa shape index (κ3) is 3.42. The van der Waals surface area contributed by atoms with Crippen LogP contribution in [-0.4, -0.2) is 28.0 Å². The van der Waals surface area contributed by atoms with Gasteiger partial charge in [-0.15, -0.1) is 0 Å². The van der Waals surface area contributed by atoms with Crippen LogP contribution in [0.5, 0.6) is 0 Å². The number of hydrogen-bond acceptors (Lipinski definition) is 8. The molecule has 0 aromatic carbocycles. The molecule has 0 saturated heterocycles. The first-order valence-electron chi connectivity index (χ1n) is 5.65. The maximum Gasteiger partial charge on any atom is 0.356 e. The molecule has 21 heavy (non-hydrogen) atoms. The van der Waals surface area contributed by atoms with Crippen LogP contribution in [0.25, 0.3) is 0 Å². The van der Waals surface area contributed by atoms with E-state index in [1.54, 1.807) is 5.38 Å². The van der Waals surface area contributed by atoms with E-state index in [4.69, 9.17) is 0 Å². The van der Waals surface area contributed by atoms with E-state index < -0.39 is 10.9 Å². The van der Waals surface area contributed by atoms with Crippen molar-refractivity contribution in [3.8, 4) is 0 Å². The second-order valence-corrected chi connectivity index (χ2v) is 4.68. The van der Waals surface area contributed by atoms with Crippen LogP contribution < -0.4 is 10.2 Å². The van der Waals surface area contributed by atoms with Crippen LogP contribution in [0.15, 0.2) is 22.3 Å². The molecular formula is C11H10N4O5S. The van der Waals surface area contributed by atoms with Crippen molar-refractivity contribution >= 4 is 28.8 Å². The highest BCUT2D eigenvalue weighted by Crippen LogP contribution is 2.22. The van der Waals surface area contributed by atoms with Crippen molar-refractivity contribution in [2.45, 2.75) is 6.54 Å². The van der Waals surface area contributed by atoms with Gasteiger partial charge in [0.05, 0.1) is 18.6 Å². The summed E-state index contributed by atoms with van der Waals surface area (Å²) in [6, 6.07) is 2.37. The molecule has 9 nitrogen and oxygen atoms in total. The van der Waals surface area contributed by atoms with E-state index in [0.717, 1.165) is 17.4 Å². The second-order valence-electron chi connectivity index (χ2n) is 3.84. The molecule has 0 radical (unpaired) electrons. The molecule has 2 heterocycles. The summed E-state index contributed by atoms with van der Waals surface area (Å²) in [5.74, 6) is -0.771. The number of carbonyl (C=O) groups is 1. The van der Waals surface area contributed by atoms with Crippen molar-refractivity contribution in [1.82, 2.24) is 9.97 Å². The number of carbonyl (C=O) groups excluding carboxylic acids is 1. The first-order valence-corrected chi connectivity index (χ1v) is 6.53. The van der Waals surface area contributed by atoms with Crippen LogP contribution in [0.1, 0.15) is 16.2 Å². The van der Waals surface area contributed by atoms with Gasteiger partial charge in [-0.05, 0) is 6.07 Å². The lowest BCUT2D eigenvalue weighted by Gasteiger charge is -2.06. The van der Waals surface area contributed by atoms with Crippen molar-refractivity contribution in [2.24, 2.45) is 0 Å². The van der Waals surface area contributed by atoms with Gasteiger partial charge >= 0.3 is 16.5 Å². The van der Waals surface area contributed by atoms with Gasteiger partial charge < -0.3 is 15.0 Å². The summed E-state index contributed by atoms with van der Waals surface area (Å²) in [4.78, 5) is 38.9. The normalized spacial score (nSPS) is 10.1. The smallest absolute Gasteiger partial charge is 0.356 e. The van der Waals surface area contributed by atoms with Crippen molar-refractivity contribution in [1.29, 1.82) is 0 Å². The number of pyridine rings is 1. The highest BCUT2D eigenvalue weighted by molar-refractivity contribution is 7.07. The van der Waals surface area contributed by atoms with Gasteiger partial charge in [-0.2, -0.15) is 0 Å². The number of thiazole rings is 1. The molecule has 110 valence electrons. The average Bonchev–Trinajstić information content (AvgIpc) is 2.89. The monoisotopic (exact) mass is 310 g/mol. The van der Waals surface area contributed by atoms with Gasteiger partial charge in [0.25, 0.3) is 0 Å². The highest BCUT2D eigenvalue weighted by Gasteiger charge is 2.19. The molecule has 0 aliphatic rings. The Hall–Kier alpha value is -2.75. The number of nitrogens with zero attached hydrogens (tertiary/aromatic N) is 2. The molecule has 0 unspecified atom stereocenters. The molecule has 0 aliphatic carbocycles. The van der Waals surface area contributed by atoms with E-state index in [2.05, 4.69) is 20.0 Å². The number of nitrogens with one attached hydrogen (secondary N) is 2. The van der Waals surface area contributed by atoms with Crippen molar-refractivity contribution < 1.29 is 14.5 Å². The Labute approximate surface area is 121 Å². The van der Waals surface area contributed by atoms with Crippen LogP contribution in [-0.2, 0) is 11.3 Å². The molecule has 10 heteroatoms. The topological polar surface area (TPSA) is 127 Å². The Morgan fingerprint density at radius 3 is 2.90 bits per heavy atom. The van der Waals surface area contributed by atoms with Crippen LogP contribution in [0.2, 0.25) is 0 Å². The van der Waals surface area contributed by atoms with E-state index in [0.29, 0.717) is 5.69 Å². The van der Waals surface area contributed by atoms with Gasteiger partial charge in [-0.3, -0.25) is 14.9 Å². The summed E-state index contributed by atoms with van der Waals surface area (Å²) in [6.07, 6.45) is 0. The summed E-state index contributed by atoms with van der Waals surface area (Å²) in [6.45, 7) is 0.136. The molecule has 0 atom stereocenters. The van der Waals surface area contributed by atoms with E-state index in [9.17, 15) is 19.7 Å². The Morgan fingerprint density at radius 1 is 1.57 bits per heavy atom. The molecule has 0 aliphatic heterocycles. The molecule has 0 saturated carbocycles. The SMILES string of the molecule is COC(=O)c1ccc([N+](=O)[O-])c(NCc2csc(=O)[nH]2)n1. The summed E-state index contributed by atoms with van der Waals surface area (Å²) >= 11 is 0.982. The number of aromatic nitrogens is 2. The lowest BCUT2D eigenvalue weighted by Crippen LogP contribution is -2.10. The zero-order valence-corrected chi connectivity index (χ0v) is 11.6. The summed E-state index contributed by atoms with van der Waals surface area (Å²) < 4.78 is 4.51. The molecule has 2 N–H and O–H groups in total. The van der Waals surface area contributed by atoms with Gasteiger partial charge in [-0.25, -0.2) is 9.78 Å². The fourth-order valence-electron chi connectivity index (χ4n) is 1.53. The highest BCUT2D eigenvalue weighted by atomic mass is 32.1. The Bertz CT molecular complexity index is 738. The number of esters is 1. The number of ether oxygens (including phenoxy) is 1. The molecular weight excluding hydrogens is 300 g/mol. The van der Waals surface area contributed by atoms with E-state index in [1.165, 1.54) is 13.2 Å². The van der Waals surface area contributed by atoms with E-state index >= 15 is 0 Å². The zero-order valence-electron chi connectivity index (χ0n) is 10.8. The predicted octanol–water partition coefficient (Wildman–Crippen LogP) is 1.14. The number of anilines is 1. The molecule has 0 spiro atoms. The molecule has 0 fully saturated rings. The number of hydrogen-bond donors (Lipinski definition) is 2. The maximum atomic E-state index is 11.4. The van der Waals surface area contributed by atoms with E-state index in [1.807, 2.05) is 0 Å². The van der Waals surface area contributed by atoms with Gasteiger partial charge in [0, 0.05) is 17.1 Å². The average molecular weight is 310 g/mol. The Kier molecular flexibility index (Phi) is 4.28. The number of nitro groups is 1. The summed E-state index contributed by atoms with van der Waals surface area (Å²) in [5, 5.41) is 15.2. The van der Waals surface area contributed by atoms with Gasteiger partial charge in [0.1, 0.15) is 0 Å². The molecule has 0 amide bonds. The van der Waals surface area contributed by atoms with Crippen LogP contribution in [0.3, 0.4) is 0 Å². The van der Waals surface area contributed by atoms with Crippen LogP contribution >= 0.6 is 11.3 Å². The first-order chi connectivity index (χ1) is 10.0. The molecule has 2 aromatic rings. The van der Waals surface area contributed by atoms with Gasteiger partial charge in [0.15, 0.2) is 5.69 Å². The third-order valence-electron chi connectivity index (χ3n) is 2.48. The number of H-pyrrole nitrogens is 1. The standard InChI is InChI=1S/C11H10N4O5S/c1-20-10(16)7-2-3-8(15(18)19)9(14-7)12-4-6-5-21-11(17)13-6/h2-3,5H,4H2,1H3,(H,12,14)(H,13,17). The zero-order chi connectivity index (χ0) is 15.4. The predicted molar refractivity (Wildman–Crippen MR) is 74.5 cm³/mol. The Morgan fingerprint density at radius 2 is 2.33 bits per heavy atom. The van der Waals surface area contributed by atoms with Gasteiger partial charge in [0.2, 0.25) is 5.82 Å². The minimum Gasteiger partial charge on any atom is -0.464 e. The van der Waals surface area contributed by atoms with Crippen LogP contribution in [0, 0.1) is 10.1 Å². The minimum atomic E-state index is -0.697. The number of methoxy groups -OCH3 is 1. The third-order valence-corrected chi connectivity index (χ3v) is 3.20. The van der Waals surface area contributed by atoms with Crippen molar-refractivity contribution in [3.63, 3.8) is 0 Å². The fourth-order valence-corrected chi connectivity index (χ4v) is 2.11. The quantitative estimate of drug-likeness (QED) is 0.481. The Balaban J connectivity index is 2.27. The van der Waals surface area contributed by atoms with Gasteiger partial charge in [-0.1, -0.05) is 11.3 Å².